The van der Waals surface area contributed by atoms with Gasteiger partial charge in [-0.3, -0.25) is 0 Å². The second kappa shape index (κ2) is 13.4. The minimum Gasteiger partial charge on any atom is -0.306 e. The van der Waals surface area contributed by atoms with Crippen LogP contribution < -0.4 is 0 Å². The molecule has 110 valence electrons. The number of nitrogens with zero attached hydrogens (tertiary/aromatic N) is 2. The predicted molar refractivity (Wildman–Crippen MR) is 83.3 cm³/mol. The lowest BCUT2D eigenvalue weighted by Gasteiger charge is -2.19. The highest BCUT2D eigenvalue weighted by Crippen LogP contribution is 2.01. The maximum atomic E-state index is 2.49. The van der Waals surface area contributed by atoms with Crippen LogP contribution in [-0.4, -0.2) is 50.1 Å². The van der Waals surface area contributed by atoms with Crippen molar-refractivity contribution in [3.63, 3.8) is 0 Å². The molecule has 0 aromatic heterocycles. The maximum Gasteiger partial charge on any atom is -0.00213 e. The number of hydrogen-bond donors (Lipinski definition) is 0. The quantitative estimate of drug-likeness (QED) is 0.459. The molecule has 0 aliphatic rings. The van der Waals surface area contributed by atoms with Crippen molar-refractivity contribution in [3.05, 3.63) is 0 Å². The number of hydrogen-bond acceptors (Lipinski definition) is 2. The summed E-state index contributed by atoms with van der Waals surface area (Å²) in [6, 6.07) is 0. The molecule has 0 N–H and O–H groups in total. The Balaban J connectivity index is 3.27. The van der Waals surface area contributed by atoms with E-state index in [0.717, 1.165) is 0 Å². The van der Waals surface area contributed by atoms with E-state index in [9.17, 15) is 0 Å². The summed E-state index contributed by atoms with van der Waals surface area (Å²) < 4.78 is 0. The van der Waals surface area contributed by atoms with E-state index in [-0.39, 0.29) is 0 Å². The van der Waals surface area contributed by atoms with Gasteiger partial charge in [0.2, 0.25) is 0 Å². The van der Waals surface area contributed by atoms with Crippen molar-refractivity contribution in [1.82, 2.24) is 9.80 Å². The molecular weight excluding hydrogens is 220 g/mol. The molecule has 0 aliphatic heterocycles. The third-order valence-corrected chi connectivity index (χ3v) is 3.62. The molecule has 0 atom stereocenters. The monoisotopic (exact) mass is 256 g/mol. The van der Waals surface area contributed by atoms with Gasteiger partial charge >= 0.3 is 0 Å². The van der Waals surface area contributed by atoms with E-state index in [1.54, 1.807) is 0 Å². The van der Waals surface area contributed by atoms with E-state index in [1.165, 1.54) is 77.5 Å². The third kappa shape index (κ3) is 12.4. The van der Waals surface area contributed by atoms with Crippen LogP contribution >= 0.6 is 0 Å². The first kappa shape index (κ1) is 17.9. The van der Waals surface area contributed by atoms with Gasteiger partial charge in [-0.1, -0.05) is 39.5 Å². The van der Waals surface area contributed by atoms with Crippen molar-refractivity contribution in [3.8, 4) is 0 Å². The molecule has 2 nitrogen and oxygen atoms in total. The zero-order chi connectivity index (χ0) is 13.6. The summed E-state index contributed by atoms with van der Waals surface area (Å²) in [5.74, 6) is 0. The van der Waals surface area contributed by atoms with Gasteiger partial charge in [0.05, 0.1) is 0 Å². The molecule has 0 heterocycles. The van der Waals surface area contributed by atoms with E-state index in [1.807, 2.05) is 0 Å². The minimum atomic E-state index is 1.27. The Morgan fingerprint density at radius 3 is 1.06 bits per heavy atom. The lowest BCUT2D eigenvalue weighted by Crippen LogP contribution is -2.24. The molecule has 0 aliphatic carbocycles. The number of rotatable bonds is 13. The zero-order valence-corrected chi connectivity index (χ0v) is 13.4. The van der Waals surface area contributed by atoms with Gasteiger partial charge in [0.25, 0.3) is 0 Å². The molecule has 0 spiro atoms. The van der Waals surface area contributed by atoms with Gasteiger partial charge < -0.3 is 9.80 Å². The third-order valence-electron chi connectivity index (χ3n) is 3.62. The van der Waals surface area contributed by atoms with Gasteiger partial charge in [-0.2, -0.15) is 0 Å². The highest BCUT2D eigenvalue weighted by atomic mass is 15.1. The van der Waals surface area contributed by atoms with E-state index < -0.39 is 0 Å². The normalized spacial score (nSPS) is 11.7. The topological polar surface area (TPSA) is 6.48 Å². The van der Waals surface area contributed by atoms with Crippen molar-refractivity contribution >= 4 is 0 Å². The average molecular weight is 256 g/mol. The van der Waals surface area contributed by atoms with E-state index >= 15 is 0 Å². The summed E-state index contributed by atoms with van der Waals surface area (Å²) >= 11 is 0. The lowest BCUT2D eigenvalue weighted by atomic mass is 10.2. The van der Waals surface area contributed by atoms with Crippen LogP contribution in [0.1, 0.15) is 65.2 Å². The molecule has 0 saturated heterocycles. The Labute approximate surface area is 116 Å². The van der Waals surface area contributed by atoms with E-state index in [4.69, 9.17) is 0 Å². The molecule has 0 rings (SSSR count). The number of unbranched alkanes of at least 4 members (excludes halogenated alkanes) is 5. The van der Waals surface area contributed by atoms with E-state index in [0.29, 0.717) is 0 Å². The Kier molecular flexibility index (Phi) is 13.3. The molecule has 0 bridgehead atoms. The average Bonchev–Trinajstić information content (AvgIpc) is 2.35. The molecule has 0 fully saturated rings. The summed E-state index contributed by atoms with van der Waals surface area (Å²) in [5, 5.41) is 0. The van der Waals surface area contributed by atoms with Crippen LogP contribution in [0.2, 0.25) is 0 Å². The zero-order valence-electron chi connectivity index (χ0n) is 13.4. The van der Waals surface area contributed by atoms with Crippen LogP contribution in [-0.2, 0) is 0 Å². The first-order valence-electron chi connectivity index (χ1n) is 8.07. The molecule has 0 saturated carbocycles. The Hall–Kier alpha value is -0.0800. The predicted octanol–water partition coefficient (Wildman–Crippen LogP) is 4.01. The largest absolute Gasteiger partial charge is 0.306 e. The highest BCUT2D eigenvalue weighted by molar-refractivity contribution is 4.56. The fourth-order valence-electron chi connectivity index (χ4n) is 2.25. The van der Waals surface area contributed by atoms with Crippen LogP contribution in [0.4, 0.5) is 0 Å². The second-order valence-electron chi connectivity index (χ2n) is 5.73. The molecule has 2 heteroatoms. The smallest absolute Gasteiger partial charge is 0.00213 e. The highest BCUT2D eigenvalue weighted by Gasteiger charge is 2.00. The summed E-state index contributed by atoms with van der Waals surface area (Å²) in [5.41, 5.74) is 0. The summed E-state index contributed by atoms with van der Waals surface area (Å²) in [6.45, 7) is 9.64. The molecule has 0 amide bonds. The Bertz CT molecular complexity index is 141. The van der Waals surface area contributed by atoms with Crippen LogP contribution in [0.5, 0.6) is 0 Å². The van der Waals surface area contributed by atoms with Crippen LogP contribution in [0.15, 0.2) is 0 Å². The fraction of sp³-hybridized carbons (Fsp3) is 1.00. The molecule has 0 aromatic carbocycles. The Morgan fingerprint density at radius 2 is 0.778 bits per heavy atom. The van der Waals surface area contributed by atoms with Crippen molar-refractivity contribution in [2.24, 2.45) is 0 Å². The van der Waals surface area contributed by atoms with Crippen molar-refractivity contribution in [2.45, 2.75) is 65.2 Å². The van der Waals surface area contributed by atoms with Crippen LogP contribution in [0.3, 0.4) is 0 Å². The van der Waals surface area contributed by atoms with Crippen molar-refractivity contribution in [2.75, 3.05) is 40.3 Å². The summed E-state index contributed by atoms with van der Waals surface area (Å²) in [6.07, 6.45) is 10.8. The van der Waals surface area contributed by atoms with Gasteiger partial charge in [-0.15, -0.1) is 0 Å². The Morgan fingerprint density at radius 1 is 0.500 bits per heavy atom. The SMILES string of the molecule is CCCCCN(C)CCCCN(C)CCCCC. The maximum absolute atomic E-state index is 2.49. The first-order chi connectivity index (χ1) is 8.70. The molecule has 0 radical (unpaired) electrons. The van der Waals surface area contributed by atoms with Gasteiger partial charge in [-0.05, 0) is 66.0 Å². The first-order valence-corrected chi connectivity index (χ1v) is 8.07. The van der Waals surface area contributed by atoms with Crippen molar-refractivity contribution < 1.29 is 0 Å². The van der Waals surface area contributed by atoms with Gasteiger partial charge in [0, 0.05) is 0 Å². The standard InChI is InChI=1S/C16H36N2/c1-5-7-9-13-17(3)15-11-12-16-18(4)14-10-8-6-2/h5-16H2,1-4H3. The minimum absolute atomic E-state index is 1.27. The molecule has 18 heavy (non-hydrogen) atoms. The summed E-state index contributed by atoms with van der Waals surface area (Å²) in [7, 11) is 4.53. The fourth-order valence-corrected chi connectivity index (χ4v) is 2.25. The lowest BCUT2D eigenvalue weighted by molar-refractivity contribution is 0.286. The van der Waals surface area contributed by atoms with Gasteiger partial charge in [-0.25, -0.2) is 0 Å². The van der Waals surface area contributed by atoms with Crippen LogP contribution in [0, 0.1) is 0 Å². The van der Waals surface area contributed by atoms with Gasteiger partial charge in [0.15, 0.2) is 0 Å². The van der Waals surface area contributed by atoms with Crippen LogP contribution in [0.25, 0.3) is 0 Å². The molecule has 0 unspecified atom stereocenters. The van der Waals surface area contributed by atoms with Crippen molar-refractivity contribution in [1.29, 1.82) is 0 Å². The summed E-state index contributed by atoms with van der Waals surface area (Å²) in [4.78, 5) is 4.99. The second-order valence-corrected chi connectivity index (χ2v) is 5.73. The van der Waals surface area contributed by atoms with Gasteiger partial charge in [0.1, 0.15) is 0 Å². The molecular formula is C16H36N2. The van der Waals surface area contributed by atoms with E-state index in [2.05, 4.69) is 37.7 Å². The molecule has 0 aromatic rings.